The third kappa shape index (κ3) is 4.18. The van der Waals surface area contributed by atoms with Crippen LogP contribution >= 0.6 is 11.6 Å². The second-order valence-electron chi connectivity index (χ2n) is 5.29. The van der Waals surface area contributed by atoms with Gasteiger partial charge in [0.2, 0.25) is 0 Å². The molecule has 22 heavy (non-hydrogen) atoms. The lowest BCUT2D eigenvalue weighted by Crippen LogP contribution is -2.46. The van der Waals surface area contributed by atoms with Crippen molar-refractivity contribution in [2.24, 2.45) is 5.92 Å². The van der Waals surface area contributed by atoms with Crippen LogP contribution in [-0.4, -0.2) is 43.5 Å². The SMILES string of the molecule is COCC1CCCN(C(=O)C(=O)Nc2cc(F)ccc2Cl)C1. The maximum Gasteiger partial charge on any atom is 0.313 e. The number of nitrogens with one attached hydrogen (secondary N) is 1. The lowest BCUT2D eigenvalue weighted by Gasteiger charge is -2.31. The molecule has 1 saturated heterocycles. The molecule has 7 heteroatoms. The Bertz CT molecular complexity index is 566. The Hall–Kier alpha value is -1.66. The number of likely N-dealkylation sites (tertiary alicyclic amines) is 1. The van der Waals surface area contributed by atoms with Crippen LogP contribution in [0, 0.1) is 11.7 Å². The predicted molar refractivity (Wildman–Crippen MR) is 81.2 cm³/mol. The van der Waals surface area contributed by atoms with Gasteiger partial charge in [-0.2, -0.15) is 0 Å². The first-order chi connectivity index (χ1) is 10.5. The summed E-state index contributed by atoms with van der Waals surface area (Å²) in [6, 6.07) is 3.59. The van der Waals surface area contributed by atoms with Gasteiger partial charge in [0.1, 0.15) is 5.82 Å². The quantitative estimate of drug-likeness (QED) is 0.866. The van der Waals surface area contributed by atoms with Gasteiger partial charge in [-0.15, -0.1) is 0 Å². The fourth-order valence-electron chi connectivity index (χ4n) is 2.53. The zero-order chi connectivity index (χ0) is 16.1. The van der Waals surface area contributed by atoms with E-state index in [0.717, 1.165) is 18.9 Å². The number of amides is 2. The van der Waals surface area contributed by atoms with Crippen molar-refractivity contribution in [3.05, 3.63) is 29.0 Å². The third-order valence-corrected chi connectivity index (χ3v) is 3.91. The Morgan fingerprint density at radius 2 is 2.27 bits per heavy atom. The number of halogens is 2. The highest BCUT2D eigenvalue weighted by atomic mass is 35.5. The van der Waals surface area contributed by atoms with E-state index in [2.05, 4.69) is 5.32 Å². The molecule has 0 saturated carbocycles. The Balaban J connectivity index is 1.99. The summed E-state index contributed by atoms with van der Waals surface area (Å²) >= 11 is 5.87. The largest absolute Gasteiger partial charge is 0.384 e. The van der Waals surface area contributed by atoms with Crippen molar-refractivity contribution >= 4 is 29.1 Å². The first-order valence-electron chi connectivity index (χ1n) is 7.05. The second kappa shape index (κ2) is 7.56. The van der Waals surface area contributed by atoms with Gasteiger partial charge in [-0.1, -0.05) is 11.6 Å². The van der Waals surface area contributed by atoms with Crippen LogP contribution in [0.2, 0.25) is 5.02 Å². The fraction of sp³-hybridized carbons (Fsp3) is 0.467. The van der Waals surface area contributed by atoms with Crippen LogP contribution in [0.15, 0.2) is 18.2 Å². The molecule has 2 amide bonds. The second-order valence-corrected chi connectivity index (χ2v) is 5.70. The van der Waals surface area contributed by atoms with Crippen molar-refractivity contribution in [3.63, 3.8) is 0 Å². The monoisotopic (exact) mass is 328 g/mol. The summed E-state index contributed by atoms with van der Waals surface area (Å²) in [4.78, 5) is 25.7. The molecule has 0 bridgehead atoms. The molecular weight excluding hydrogens is 311 g/mol. The van der Waals surface area contributed by atoms with Gasteiger partial charge < -0.3 is 15.0 Å². The van der Waals surface area contributed by atoms with Gasteiger partial charge in [-0.05, 0) is 37.0 Å². The van der Waals surface area contributed by atoms with Gasteiger partial charge in [-0.3, -0.25) is 9.59 Å². The lowest BCUT2D eigenvalue weighted by molar-refractivity contribution is -0.144. The van der Waals surface area contributed by atoms with E-state index < -0.39 is 17.6 Å². The van der Waals surface area contributed by atoms with E-state index >= 15 is 0 Å². The summed E-state index contributed by atoms with van der Waals surface area (Å²) < 4.78 is 18.3. The minimum atomic E-state index is -0.814. The molecule has 1 fully saturated rings. The van der Waals surface area contributed by atoms with Crippen molar-refractivity contribution in [3.8, 4) is 0 Å². The van der Waals surface area contributed by atoms with Crippen LogP contribution in [0.4, 0.5) is 10.1 Å². The van der Waals surface area contributed by atoms with E-state index in [-0.39, 0.29) is 16.6 Å². The van der Waals surface area contributed by atoms with E-state index in [1.807, 2.05) is 0 Å². The summed E-state index contributed by atoms with van der Waals surface area (Å²) in [5.41, 5.74) is 0.0884. The number of methoxy groups -OCH3 is 1. The number of benzene rings is 1. The van der Waals surface area contributed by atoms with Crippen LogP contribution < -0.4 is 5.32 Å². The summed E-state index contributed by atoms with van der Waals surface area (Å²) in [5.74, 6) is -1.76. The summed E-state index contributed by atoms with van der Waals surface area (Å²) in [6.45, 7) is 1.57. The topological polar surface area (TPSA) is 58.6 Å². The Morgan fingerprint density at radius 3 is 3.00 bits per heavy atom. The van der Waals surface area contributed by atoms with Gasteiger partial charge in [0.15, 0.2) is 0 Å². The number of nitrogens with zero attached hydrogens (tertiary/aromatic N) is 1. The van der Waals surface area contributed by atoms with Crippen LogP contribution in [0.5, 0.6) is 0 Å². The van der Waals surface area contributed by atoms with E-state index in [1.165, 1.54) is 17.0 Å². The molecule has 1 aromatic carbocycles. The molecule has 0 spiro atoms. The minimum absolute atomic E-state index is 0.0884. The molecule has 0 aliphatic carbocycles. The van der Waals surface area contributed by atoms with Crippen LogP contribution in [-0.2, 0) is 14.3 Å². The van der Waals surface area contributed by atoms with Crippen molar-refractivity contribution in [2.45, 2.75) is 12.8 Å². The summed E-state index contributed by atoms with van der Waals surface area (Å²) in [5, 5.41) is 2.54. The maximum absolute atomic E-state index is 13.2. The zero-order valence-electron chi connectivity index (χ0n) is 12.3. The maximum atomic E-state index is 13.2. The highest BCUT2D eigenvalue weighted by Gasteiger charge is 2.28. The Labute approximate surface area is 133 Å². The summed E-state index contributed by atoms with van der Waals surface area (Å²) in [7, 11) is 1.61. The first kappa shape index (κ1) is 16.7. The first-order valence-corrected chi connectivity index (χ1v) is 7.43. The van der Waals surface area contributed by atoms with Gasteiger partial charge in [0.25, 0.3) is 0 Å². The average molecular weight is 329 g/mol. The number of ether oxygens (including phenoxy) is 1. The Kier molecular flexibility index (Phi) is 5.74. The molecule has 1 aromatic rings. The number of carbonyl (C=O) groups excluding carboxylic acids is 2. The molecule has 1 aliphatic rings. The zero-order valence-corrected chi connectivity index (χ0v) is 13.0. The molecule has 0 aromatic heterocycles. The molecule has 1 aliphatic heterocycles. The number of rotatable bonds is 3. The number of hydrogen-bond donors (Lipinski definition) is 1. The number of carbonyl (C=O) groups is 2. The van der Waals surface area contributed by atoms with Crippen molar-refractivity contribution in [2.75, 3.05) is 32.1 Å². The van der Waals surface area contributed by atoms with E-state index in [4.69, 9.17) is 16.3 Å². The molecule has 2 rings (SSSR count). The summed E-state index contributed by atoms with van der Waals surface area (Å²) in [6.07, 6.45) is 1.79. The molecule has 1 N–H and O–H groups in total. The third-order valence-electron chi connectivity index (χ3n) is 3.58. The van der Waals surface area contributed by atoms with Crippen molar-refractivity contribution in [1.29, 1.82) is 0 Å². The Morgan fingerprint density at radius 1 is 1.50 bits per heavy atom. The number of piperidine rings is 1. The van der Waals surface area contributed by atoms with E-state index in [0.29, 0.717) is 19.7 Å². The smallest absolute Gasteiger partial charge is 0.313 e. The van der Waals surface area contributed by atoms with Crippen LogP contribution in [0.3, 0.4) is 0 Å². The highest BCUT2D eigenvalue weighted by Crippen LogP contribution is 2.23. The average Bonchev–Trinajstić information content (AvgIpc) is 2.50. The van der Waals surface area contributed by atoms with Crippen LogP contribution in [0.1, 0.15) is 12.8 Å². The van der Waals surface area contributed by atoms with Crippen LogP contribution in [0.25, 0.3) is 0 Å². The van der Waals surface area contributed by atoms with Gasteiger partial charge in [0.05, 0.1) is 17.3 Å². The lowest BCUT2D eigenvalue weighted by atomic mass is 9.99. The molecule has 1 atom stereocenters. The molecular formula is C15H18ClFN2O3. The van der Waals surface area contributed by atoms with Crippen molar-refractivity contribution < 1.29 is 18.7 Å². The molecule has 1 heterocycles. The van der Waals surface area contributed by atoms with Gasteiger partial charge in [0, 0.05) is 20.2 Å². The normalized spacial score (nSPS) is 18.1. The van der Waals surface area contributed by atoms with E-state index in [1.54, 1.807) is 7.11 Å². The molecule has 0 radical (unpaired) electrons. The van der Waals surface area contributed by atoms with E-state index in [9.17, 15) is 14.0 Å². The molecule has 1 unspecified atom stereocenters. The van der Waals surface area contributed by atoms with Gasteiger partial charge in [-0.25, -0.2) is 4.39 Å². The predicted octanol–water partition coefficient (Wildman–Crippen LogP) is 2.30. The number of anilines is 1. The minimum Gasteiger partial charge on any atom is -0.384 e. The van der Waals surface area contributed by atoms with Gasteiger partial charge >= 0.3 is 11.8 Å². The molecule has 5 nitrogen and oxygen atoms in total. The fourth-order valence-corrected chi connectivity index (χ4v) is 2.70. The number of hydrogen-bond acceptors (Lipinski definition) is 3. The molecule has 120 valence electrons. The standard InChI is InChI=1S/C15H18ClFN2O3/c1-22-9-10-3-2-6-19(8-10)15(21)14(20)18-13-7-11(17)4-5-12(13)16/h4-5,7,10H,2-3,6,8-9H2,1H3,(H,18,20). The van der Waals surface area contributed by atoms with Crippen molar-refractivity contribution in [1.82, 2.24) is 4.90 Å². The highest BCUT2D eigenvalue weighted by molar-refractivity contribution is 6.41.